The third-order valence-electron chi connectivity index (χ3n) is 10.4. The van der Waals surface area contributed by atoms with Gasteiger partial charge in [-0.3, -0.25) is 0 Å². The Morgan fingerprint density at radius 3 is 2.51 bits per heavy atom. The lowest BCUT2D eigenvalue weighted by Gasteiger charge is -2.61. The van der Waals surface area contributed by atoms with Crippen molar-refractivity contribution in [2.75, 3.05) is 30.3 Å². The molecular weight excluding hydrogens is 506 g/mol. The summed E-state index contributed by atoms with van der Waals surface area (Å²) in [6, 6.07) is 12.4. The van der Waals surface area contributed by atoms with Gasteiger partial charge in [-0.1, -0.05) is 29.8 Å². The molecule has 8 heteroatoms. The van der Waals surface area contributed by atoms with Gasteiger partial charge in [0, 0.05) is 36.2 Å². The van der Waals surface area contributed by atoms with E-state index in [1.54, 1.807) is 6.20 Å². The van der Waals surface area contributed by atoms with Crippen LogP contribution in [0.5, 0.6) is 0 Å². The van der Waals surface area contributed by atoms with E-state index in [9.17, 15) is 5.26 Å². The molecule has 8 rings (SSSR count). The van der Waals surface area contributed by atoms with E-state index in [1.165, 1.54) is 70.9 Å². The van der Waals surface area contributed by atoms with E-state index in [0.29, 0.717) is 41.4 Å². The molecule has 4 bridgehead atoms. The monoisotopic (exact) mass is 545 g/mol. The van der Waals surface area contributed by atoms with E-state index in [1.807, 2.05) is 24.3 Å². The molecule has 0 spiro atoms. The lowest BCUT2D eigenvalue weighted by molar-refractivity contribution is -0.0735. The number of hydrogen-bond acceptors (Lipinski definition) is 7. The maximum Gasteiger partial charge on any atom is 0.224 e. The second-order valence-corrected chi connectivity index (χ2v) is 13.5. The van der Waals surface area contributed by atoms with Gasteiger partial charge >= 0.3 is 0 Å². The van der Waals surface area contributed by atoms with Crippen molar-refractivity contribution in [2.24, 2.45) is 23.2 Å². The van der Waals surface area contributed by atoms with Crippen molar-refractivity contribution in [2.45, 2.75) is 82.5 Å². The number of hydrogen-bond donors (Lipinski definition) is 3. The Hall–Kier alpha value is -2.40. The number of anilines is 2. The lowest BCUT2D eigenvalue weighted by Crippen LogP contribution is -2.61. The van der Waals surface area contributed by atoms with E-state index >= 15 is 0 Å². The van der Waals surface area contributed by atoms with Gasteiger partial charge in [-0.25, -0.2) is 4.98 Å². The first-order valence-electron chi connectivity index (χ1n) is 15.1. The largest absolute Gasteiger partial charge is 0.368 e. The molecule has 1 aromatic carbocycles. The zero-order valence-corrected chi connectivity index (χ0v) is 23.5. The minimum atomic E-state index is 0.312. The summed E-state index contributed by atoms with van der Waals surface area (Å²) in [7, 11) is 0. The molecule has 3 N–H and O–H groups in total. The summed E-state index contributed by atoms with van der Waals surface area (Å²) in [5.41, 5.74) is 1.80. The molecule has 1 saturated heterocycles. The summed E-state index contributed by atoms with van der Waals surface area (Å²) in [5, 5.41) is 21.6. The Balaban J connectivity index is 0.984. The van der Waals surface area contributed by atoms with Crippen LogP contribution in [0.4, 0.5) is 11.8 Å². The highest BCUT2D eigenvalue weighted by atomic mass is 35.5. The number of aromatic nitrogens is 2. The number of nitrogens with one attached hydrogen (secondary N) is 3. The topological polar surface area (TPSA) is 88.9 Å². The number of halogens is 1. The fraction of sp³-hybridized carbons (Fsp3) is 0.645. The predicted molar refractivity (Wildman–Crippen MR) is 155 cm³/mol. The highest BCUT2D eigenvalue weighted by molar-refractivity contribution is 6.31. The fourth-order valence-corrected chi connectivity index (χ4v) is 8.80. The number of benzene rings is 1. The highest BCUT2D eigenvalue weighted by Crippen LogP contribution is 2.60. The molecule has 39 heavy (non-hydrogen) atoms. The van der Waals surface area contributed by atoms with Crippen LogP contribution < -0.4 is 16.0 Å². The molecule has 2 heterocycles. The van der Waals surface area contributed by atoms with Gasteiger partial charge in [0.25, 0.3) is 0 Å². The van der Waals surface area contributed by atoms with Gasteiger partial charge in [-0.2, -0.15) is 10.2 Å². The molecule has 7 nitrogen and oxygen atoms in total. The first kappa shape index (κ1) is 25.6. The molecular formula is C31H40ClN7. The second kappa shape index (κ2) is 10.5. The average Bonchev–Trinajstić information content (AvgIpc) is 3.79. The Kier molecular flexibility index (Phi) is 6.91. The normalized spacial score (nSPS) is 32.2. The molecule has 6 fully saturated rings. The Bertz CT molecular complexity index is 1220. The maximum atomic E-state index is 9.74. The predicted octanol–water partition coefficient (Wildman–Crippen LogP) is 5.44. The molecule has 5 atom stereocenters. The molecule has 0 amide bonds. The van der Waals surface area contributed by atoms with Crippen molar-refractivity contribution in [1.82, 2.24) is 20.2 Å². The third-order valence-corrected chi connectivity index (χ3v) is 10.7. The van der Waals surface area contributed by atoms with Crippen molar-refractivity contribution >= 4 is 23.4 Å². The molecule has 5 saturated carbocycles. The lowest BCUT2D eigenvalue weighted by atomic mass is 9.48. The summed E-state index contributed by atoms with van der Waals surface area (Å²) < 4.78 is 0. The molecule has 1 aliphatic heterocycles. The summed E-state index contributed by atoms with van der Waals surface area (Å²) in [6.45, 7) is 4.00. The van der Waals surface area contributed by atoms with Crippen LogP contribution in [0, 0.1) is 34.5 Å². The van der Waals surface area contributed by atoms with E-state index in [2.05, 4.69) is 31.9 Å². The molecule has 5 aliphatic carbocycles. The van der Waals surface area contributed by atoms with Crippen molar-refractivity contribution in [1.29, 1.82) is 5.26 Å². The molecule has 2 aromatic rings. The van der Waals surface area contributed by atoms with Crippen molar-refractivity contribution in [3.63, 3.8) is 0 Å². The Morgan fingerprint density at radius 2 is 1.79 bits per heavy atom. The SMILES string of the molecule is N#Cc1cnc(NCc2ccccc2Cl)nc1NCC12CC3C[C@H](C1)C(NC1CCN(C4CC4)CC1)[C@@H](C3)C2. The number of rotatable bonds is 9. The van der Waals surface area contributed by atoms with E-state index in [0.717, 1.165) is 40.9 Å². The van der Waals surface area contributed by atoms with Crippen LogP contribution in [0.25, 0.3) is 0 Å². The Morgan fingerprint density at radius 1 is 1.03 bits per heavy atom. The summed E-state index contributed by atoms with van der Waals surface area (Å²) >= 11 is 6.31. The number of nitriles is 1. The fourth-order valence-electron chi connectivity index (χ4n) is 8.60. The first-order valence-corrected chi connectivity index (χ1v) is 15.4. The van der Waals surface area contributed by atoms with Crippen molar-refractivity contribution in [3.8, 4) is 6.07 Å². The van der Waals surface area contributed by atoms with Gasteiger partial charge in [-0.05, 0) is 106 Å². The summed E-state index contributed by atoms with van der Waals surface area (Å²) in [4.78, 5) is 11.8. The van der Waals surface area contributed by atoms with Crippen LogP contribution in [-0.2, 0) is 6.54 Å². The minimum absolute atomic E-state index is 0.312. The van der Waals surface area contributed by atoms with Crippen molar-refractivity contribution in [3.05, 3.63) is 46.6 Å². The van der Waals surface area contributed by atoms with Crippen LogP contribution in [0.2, 0.25) is 5.02 Å². The van der Waals surface area contributed by atoms with E-state index in [4.69, 9.17) is 16.6 Å². The molecule has 0 radical (unpaired) electrons. The first-order chi connectivity index (χ1) is 19.1. The second-order valence-electron chi connectivity index (χ2n) is 13.1. The van der Waals surface area contributed by atoms with E-state index < -0.39 is 0 Å². The molecule has 6 aliphatic rings. The van der Waals surface area contributed by atoms with Gasteiger partial charge in [0.2, 0.25) is 5.95 Å². The molecule has 206 valence electrons. The van der Waals surface area contributed by atoms with Gasteiger partial charge in [-0.15, -0.1) is 0 Å². The van der Waals surface area contributed by atoms with Crippen LogP contribution in [-0.4, -0.2) is 52.6 Å². The van der Waals surface area contributed by atoms with Gasteiger partial charge < -0.3 is 20.9 Å². The molecule has 3 unspecified atom stereocenters. The van der Waals surface area contributed by atoms with Crippen LogP contribution in [0.1, 0.15) is 68.9 Å². The summed E-state index contributed by atoms with van der Waals surface area (Å²) in [5.74, 6) is 3.58. The number of nitrogens with zero attached hydrogens (tertiary/aromatic N) is 4. The third kappa shape index (κ3) is 5.36. The standard InChI is InChI=1S/C31H40ClN7/c32-27-4-2-1-3-21(27)17-34-30-35-18-24(16-33)29(38-30)36-19-31-13-20-11-22(14-31)28(23(12-20)15-31)37-25-7-9-39(10-8-25)26-5-6-26/h1-4,18,20,22-23,25-26,28,37H,5-15,17,19H2,(H2,34,35,36,38)/t20?,22-,23+,28?,31?. The van der Waals surface area contributed by atoms with Crippen molar-refractivity contribution < 1.29 is 0 Å². The summed E-state index contributed by atoms with van der Waals surface area (Å²) in [6.07, 6.45) is 13.8. The zero-order valence-electron chi connectivity index (χ0n) is 22.7. The van der Waals surface area contributed by atoms with E-state index in [-0.39, 0.29) is 0 Å². The van der Waals surface area contributed by atoms with Crippen LogP contribution in [0.3, 0.4) is 0 Å². The van der Waals surface area contributed by atoms with Gasteiger partial charge in [0.05, 0.1) is 6.20 Å². The smallest absolute Gasteiger partial charge is 0.224 e. The zero-order chi connectivity index (χ0) is 26.4. The van der Waals surface area contributed by atoms with Crippen LogP contribution >= 0.6 is 11.6 Å². The van der Waals surface area contributed by atoms with Gasteiger partial charge in [0.15, 0.2) is 0 Å². The molecule has 1 aromatic heterocycles. The highest BCUT2D eigenvalue weighted by Gasteiger charge is 2.55. The Labute approximate surface area is 237 Å². The van der Waals surface area contributed by atoms with Crippen LogP contribution in [0.15, 0.2) is 30.5 Å². The average molecular weight is 546 g/mol. The maximum absolute atomic E-state index is 9.74. The van der Waals surface area contributed by atoms with Gasteiger partial charge in [0.1, 0.15) is 17.5 Å². The minimum Gasteiger partial charge on any atom is -0.368 e. The number of piperidine rings is 1. The quantitative estimate of drug-likeness (QED) is 0.387. The number of likely N-dealkylation sites (tertiary alicyclic amines) is 1.